The number of hydrogen-bond donors (Lipinski definition) is 0. The van der Waals surface area contributed by atoms with E-state index in [1.165, 1.54) is 19.3 Å². The van der Waals surface area contributed by atoms with Crippen LogP contribution >= 0.6 is 0 Å². The second kappa shape index (κ2) is 1.78. The molecule has 2 rings (SSSR count). The molecule has 0 unspecified atom stereocenters. The van der Waals surface area contributed by atoms with Gasteiger partial charge in [0.05, 0.1) is 0 Å². The fourth-order valence-electron chi connectivity index (χ4n) is 3.19. The molecule has 2 aliphatic carbocycles. The molecule has 4 atom stereocenters. The molecule has 0 nitrogen and oxygen atoms in total. The van der Waals surface area contributed by atoms with Crippen LogP contribution in [0.3, 0.4) is 0 Å². The van der Waals surface area contributed by atoms with Gasteiger partial charge in [-0.3, -0.25) is 0 Å². The molecule has 0 bridgehead atoms. The molecule has 0 N–H and O–H groups in total. The lowest BCUT2D eigenvalue weighted by atomic mass is 9.80. The molecule has 2 aliphatic rings. The van der Waals surface area contributed by atoms with E-state index < -0.39 is 0 Å². The van der Waals surface area contributed by atoms with Crippen LogP contribution in [0.1, 0.15) is 40.0 Å². The summed E-state index contributed by atoms with van der Waals surface area (Å²) in [6.07, 6.45) is 4.49. The van der Waals surface area contributed by atoms with Crippen molar-refractivity contribution in [2.45, 2.75) is 40.0 Å². The highest BCUT2D eigenvalue weighted by molar-refractivity contribution is 5.09. The lowest BCUT2D eigenvalue weighted by Crippen LogP contribution is -2.16. The summed E-state index contributed by atoms with van der Waals surface area (Å²) in [7, 11) is 0. The van der Waals surface area contributed by atoms with Gasteiger partial charge >= 0.3 is 0 Å². The Labute approximate surface area is 64.0 Å². The van der Waals surface area contributed by atoms with Crippen LogP contribution < -0.4 is 0 Å². The van der Waals surface area contributed by atoms with Gasteiger partial charge in [0.15, 0.2) is 0 Å². The summed E-state index contributed by atoms with van der Waals surface area (Å²) in [5.74, 6) is 3.13. The lowest BCUT2D eigenvalue weighted by Gasteiger charge is -2.25. The molecule has 0 heteroatoms. The van der Waals surface area contributed by atoms with Gasteiger partial charge in [0.25, 0.3) is 0 Å². The van der Waals surface area contributed by atoms with Gasteiger partial charge in [-0.1, -0.05) is 33.6 Å². The van der Waals surface area contributed by atoms with Gasteiger partial charge in [0, 0.05) is 0 Å². The van der Waals surface area contributed by atoms with Crippen molar-refractivity contribution in [2.24, 2.45) is 23.2 Å². The maximum Gasteiger partial charge on any atom is -0.0241 e. The molecular formula is C10H18. The zero-order valence-corrected chi connectivity index (χ0v) is 7.35. The van der Waals surface area contributed by atoms with E-state index in [1.54, 1.807) is 0 Å². The van der Waals surface area contributed by atoms with E-state index in [4.69, 9.17) is 0 Å². The largest absolute Gasteiger partial charge is 0.0620 e. The molecule has 0 heterocycles. The maximum absolute atomic E-state index is 2.49. The van der Waals surface area contributed by atoms with Crippen LogP contribution in [-0.2, 0) is 0 Å². The van der Waals surface area contributed by atoms with E-state index in [9.17, 15) is 0 Å². The fourth-order valence-corrected chi connectivity index (χ4v) is 3.19. The van der Waals surface area contributed by atoms with Crippen molar-refractivity contribution >= 4 is 0 Å². The minimum atomic E-state index is 0.762. The SMILES string of the molecule is C[C@@H]1[C@H]2CCC[C@H](C)[C@]12C. The van der Waals surface area contributed by atoms with E-state index in [-0.39, 0.29) is 0 Å². The van der Waals surface area contributed by atoms with Crippen LogP contribution in [0.4, 0.5) is 0 Å². The smallest absolute Gasteiger partial charge is 0.0241 e. The molecule has 0 aliphatic heterocycles. The average Bonchev–Trinajstić information content (AvgIpc) is 2.42. The van der Waals surface area contributed by atoms with Crippen molar-refractivity contribution in [3.63, 3.8) is 0 Å². The first-order valence-electron chi connectivity index (χ1n) is 4.67. The van der Waals surface area contributed by atoms with Gasteiger partial charge in [0.1, 0.15) is 0 Å². The van der Waals surface area contributed by atoms with Crippen molar-refractivity contribution in [3.05, 3.63) is 0 Å². The second-order valence-corrected chi connectivity index (χ2v) is 4.59. The van der Waals surface area contributed by atoms with Crippen molar-refractivity contribution in [1.29, 1.82) is 0 Å². The standard InChI is InChI=1S/C10H18/c1-7-5-4-6-9-8(2)10(7,9)3/h7-9H,4-6H2,1-3H3/t7-,8+,9+,10+/m0/s1. The van der Waals surface area contributed by atoms with Crippen LogP contribution in [0.15, 0.2) is 0 Å². The van der Waals surface area contributed by atoms with E-state index in [2.05, 4.69) is 20.8 Å². The zero-order chi connectivity index (χ0) is 7.35. The van der Waals surface area contributed by atoms with Gasteiger partial charge in [-0.2, -0.15) is 0 Å². The third-order valence-electron chi connectivity index (χ3n) is 4.49. The van der Waals surface area contributed by atoms with Gasteiger partial charge < -0.3 is 0 Å². The van der Waals surface area contributed by atoms with E-state index in [1.807, 2.05) is 0 Å². The highest BCUT2D eigenvalue weighted by Crippen LogP contribution is 2.68. The Hall–Kier alpha value is 0. The summed E-state index contributed by atoms with van der Waals surface area (Å²) in [6, 6.07) is 0. The summed E-state index contributed by atoms with van der Waals surface area (Å²) >= 11 is 0. The highest BCUT2D eigenvalue weighted by Gasteiger charge is 2.61. The van der Waals surface area contributed by atoms with Gasteiger partial charge in [0.2, 0.25) is 0 Å². The fraction of sp³-hybridized carbons (Fsp3) is 1.00. The van der Waals surface area contributed by atoms with Crippen molar-refractivity contribution in [1.82, 2.24) is 0 Å². The minimum Gasteiger partial charge on any atom is -0.0620 e. The third kappa shape index (κ3) is 0.580. The van der Waals surface area contributed by atoms with Gasteiger partial charge in [-0.25, -0.2) is 0 Å². The van der Waals surface area contributed by atoms with Crippen LogP contribution in [0, 0.1) is 23.2 Å². The average molecular weight is 138 g/mol. The molecule has 0 spiro atoms. The second-order valence-electron chi connectivity index (χ2n) is 4.59. The van der Waals surface area contributed by atoms with Gasteiger partial charge in [-0.15, -0.1) is 0 Å². The molecule has 0 amide bonds. The summed E-state index contributed by atoms with van der Waals surface area (Å²) in [5.41, 5.74) is 0.762. The first-order valence-corrected chi connectivity index (χ1v) is 4.67. The van der Waals surface area contributed by atoms with Crippen molar-refractivity contribution < 1.29 is 0 Å². The number of hydrogen-bond acceptors (Lipinski definition) is 0. The van der Waals surface area contributed by atoms with Crippen molar-refractivity contribution in [3.8, 4) is 0 Å². The molecule has 0 aromatic rings. The van der Waals surface area contributed by atoms with E-state index in [0.29, 0.717) is 0 Å². The Kier molecular flexibility index (Phi) is 1.19. The van der Waals surface area contributed by atoms with E-state index >= 15 is 0 Å². The Bertz CT molecular complexity index is 142. The molecule has 10 heavy (non-hydrogen) atoms. The molecule has 0 radical (unpaired) electrons. The van der Waals surface area contributed by atoms with Crippen molar-refractivity contribution in [2.75, 3.05) is 0 Å². The Balaban J connectivity index is 2.16. The van der Waals surface area contributed by atoms with Crippen LogP contribution in [0.5, 0.6) is 0 Å². The van der Waals surface area contributed by atoms with Crippen LogP contribution in [0.25, 0.3) is 0 Å². The minimum absolute atomic E-state index is 0.762. The number of rotatable bonds is 0. The predicted molar refractivity (Wildman–Crippen MR) is 43.8 cm³/mol. The van der Waals surface area contributed by atoms with E-state index in [0.717, 1.165) is 23.2 Å². The highest BCUT2D eigenvalue weighted by atomic mass is 14.7. The quantitative estimate of drug-likeness (QED) is 0.482. The zero-order valence-electron chi connectivity index (χ0n) is 7.35. The lowest BCUT2D eigenvalue weighted by molar-refractivity contribution is 0.249. The third-order valence-corrected chi connectivity index (χ3v) is 4.49. The first-order chi connectivity index (χ1) is 4.67. The molecular weight excluding hydrogens is 120 g/mol. The van der Waals surface area contributed by atoms with Crippen LogP contribution in [-0.4, -0.2) is 0 Å². The summed E-state index contributed by atoms with van der Waals surface area (Å²) in [4.78, 5) is 0. The molecule has 0 aromatic heterocycles. The first kappa shape index (κ1) is 6.69. The van der Waals surface area contributed by atoms with Crippen LogP contribution in [0.2, 0.25) is 0 Å². The molecule has 58 valence electrons. The topological polar surface area (TPSA) is 0 Å². The molecule has 2 fully saturated rings. The maximum atomic E-state index is 2.49. The molecule has 2 saturated carbocycles. The monoisotopic (exact) mass is 138 g/mol. The number of fused-ring (bicyclic) bond motifs is 1. The Morgan fingerprint density at radius 2 is 1.90 bits per heavy atom. The summed E-state index contributed by atoms with van der Waals surface area (Å²) in [6.45, 7) is 7.37. The Morgan fingerprint density at radius 1 is 1.20 bits per heavy atom. The Morgan fingerprint density at radius 3 is 2.40 bits per heavy atom. The molecule has 0 aromatic carbocycles. The normalized spacial score (nSPS) is 59.7. The summed E-state index contributed by atoms with van der Waals surface area (Å²) < 4.78 is 0. The summed E-state index contributed by atoms with van der Waals surface area (Å²) in [5, 5.41) is 0. The van der Waals surface area contributed by atoms with Gasteiger partial charge in [-0.05, 0) is 29.6 Å². The predicted octanol–water partition coefficient (Wildman–Crippen LogP) is 3.08. The molecule has 0 saturated heterocycles.